The number of hydrogen-bond donors (Lipinski definition) is 2. The van der Waals surface area contributed by atoms with Crippen LogP contribution in [0.25, 0.3) is 11.8 Å². The van der Waals surface area contributed by atoms with E-state index in [1.165, 1.54) is 18.6 Å². The van der Waals surface area contributed by atoms with Gasteiger partial charge in [0, 0.05) is 23.1 Å². The van der Waals surface area contributed by atoms with Gasteiger partial charge in [0.25, 0.3) is 5.91 Å². The number of aromatic nitrogens is 1. The van der Waals surface area contributed by atoms with Crippen LogP contribution in [0.15, 0.2) is 40.8 Å². The number of carbonyl (C=O) groups is 1. The number of nitrogens with zero attached hydrogens (tertiary/aromatic N) is 2. The molecule has 3 rings (SSSR count). The van der Waals surface area contributed by atoms with Crippen molar-refractivity contribution in [1.29, 1.82) is 5.26 Å². The molecule has 1 fully saturated rings. The zero-order chi connectivity index (χ0) is 21.9. The number of nitriles is 1. The molecule has 1 amide bonds. The first kappa shape index (κ1) is 21.8. The molecule has 1 aromatic carbocycles. The molecule has 1 aromatic heterocycles. The van der Waals surface area contributed by atoms with Gasteiger partial charge in [-0.05, 0) is 68.7 Å². The predicted molar refractivity (Wildman–Crippen MR) is 115 cm³/mol. The van der Waals surface area contributed by atoms with Crippen molar-refractivity contribution in [2.24, 2.45) is 5.14 Å². The summed E-state index contributed by atoms with van der Waals surface area (Å²) in [5.74, 6) is -0.341. The Kier molecular flexibility index (Phi) is 6.44. The maximum Gasteiger partial charge on any atom is 0.262 e. The molecule has 0 unspecified atom stereocenters. The van der Waals surface area contributed by atoms with Crippen molar-refractivity contribution in [1.82, 2.24) is 9.88 Å². The van der Waals surface area contributed by atoms with Gasteiger partial charge in [-0.1, -0.05) is 19.3 Å². The number of carbonyl (C=O) groups excluding carboxylic acids is 1. The molecule has 0 spiro atoms. The van der Waals surface area contributed by atoms with E-state index >= 15 is 0 Å². The summed E-state index contributed by atoms with van der Waals surface area (Å²) in [6, 6.07) is 10.3. The second-order valence-corrected chi connectivity index (χ2v) is 9.24. The molecule has 7 nitrogen and oxygen atoms in total. The standard InChI is InChI=1S/C22H26N4O3S/c1-15-12-17(13-18(14-23)22(27)25-19-6-4-3-5-7-19)16(2)26(15)20-8-10-21(11-9-20)30(24,28)29/h8-13,19H,3-7H2,1-2H3,(H,25,27)(H2,24,28,29)/b18-13-. The third-order valence-electron chi connectivity index (χ3n) is 5.50. The molecule has 0 bridgehead atoms. The van der Waals surface area contributed by atoms with E-state index in [1.807, 2.05) is 30.6 Å². The fourth-order valence-corrected chi connectivity index (χ4v) is 4.45. The highest BCUT2D eigenvalue weighted by Gasteiger charge is 2.19. The Labute approximate surface area is 177 Å². The molecule has 0 aliphatic heterocycles. The highest BCUT2D eigenvalue weighted by atomic mass is 32.2. The first-order chi connectivity index (χ1) is 14.2. The summed E-state index contributed by atoms with van der Waals surface area (Å²) >= 11 is 0. The fourth-order valence-electron chi connectivity index (χ4n) is 3.93. The van der Waals surface area contributed by atoms with Gasteiger partial charge >= 0.3 is 0 Å². The average Bonchev–Trinajstić information content (AvgIpc) is 2.99. The number of amides is 1. The Morgan fingerprint density at radius 3 is 2.40 bits per heavy atom. The molecule has 1 aliphatic rings. The van der Waals surface area contributed by atoms with Crippen molar-refractivity contribution in [3.05, 3.63) is 52.9 Å². The van der Waals surface area contributed by atoms with Crippen molar-refractivity contribution in [2.45, 2.75) is 56.9 Å². The number of primary sulfonamides is 1. The lowest BCUT2D eigenvalue weighted by Crippen LogP contribution is -2.36. The first-order valence-electron chi connectivity index (χ1n) is 9.95. The molecular formula is C22H26N4O3S. The topological polar surface area (TPSA) is 118 Å². The van der Waals surface area contributed by atoms with Crippen LogP contribution in [0.1, 0.15) is 49.1 Å². The highest BCUT2D eigenvalue weighted by Crippen LogP contribution is 2.24. The Morgan fingerprint density at radius 2 is 1.83 bits per heavy atom. The smallest absolute Gasteiger partial charge is 0.262 e. The van der Waals surface area contributed by atoms with Gasteiger partial charge in [-0.25, -0.2) is 13.6 Å². The Bertz CT molecular complexity index is 1120. The summed E-state index contributed by atoms with van der Waals surface area (Å²) in [6.07, 6.45) is 6.90. The van der Waals surface area contributed by atoms with Gasteiger partial charge in [0.1, 0.15) is 11.6 Å². The van der Waals surface area contributed by atoms with Gasteiger partial charge in [-0.3, -0.25) is 4.79 Å². The van der Waals surface area contributed by atoms with E-state index in [0.29, 0.717) is 0 Å². The van der Waals surface area contributed by atoms with Crippen molar-refractivity contribution < 1.29 is 13.2 Å². The van der Waals surface area contributed by atoms with E-state index in [9.17, 15) is 18.5 Å². The van der Waals surface area contributed by atoms with Crippen LogP contribution in [0, 0.1) is 25.2 Å². The first-order valence-corrected chi connectivity index (χ1v) is 11.5. The van der Waals surface area contributed by atoms with Gasteiger partial charge < -0.3 is 9.88 Å². The SMILES string of the molecule is Cc1cc(/C=C(/C#N)C(=O)NC2CCCCC2)c(C)n1-c1ccc(S(N)(=O)=O)cc1. The number of hydrogen-bond acceptors (Lipinski definition) is 4. The number of sulfonamides is 1. The molecule has 0 radical (unpaired) electrons. The number of nitrogens with one attached hydrogen (secondary N) is 1. The maximum atomic E-state index is 12.6. The summed E-state index contributed by atoms with van der Waals surface area (Å²) in [6.45, 7) is 3.80. The summed E-state index contributed by atoms with van der Waals surface area (Å²) in [7, 11) is -3.76. The van der Waals surface area contributed by atoms with Gasteiger partial charge in [-0.15, -0.1) is 0 Å². The number of rotatable bonds is 5. The summed E-state index contributed by atoms with van der Waals surface area (Å²) in [4.78, 5) is 12.6. The minimum absolute atomic E-state index is 0.0417. The molecule has 2 aromatic rings. The van der Waals surface area contributed by atoms with Gasteiger partial charge in [0.15, 0.2) is 0 Å². The van der Waals surface area contributed by atoms with Crippen molar-refractivity contribution in [3.63, 3.8) is 0 Å². The lowest BCUT2D eigenvalue weighted by atomic mass is 9.95. The third kappa shape index (κ3) is 4.81. The number of benzene rings is 1. The maximum absolute atomic E-state index is 12.6. The van der Waals surface area contributed by atoms with Crippen LogP contribution in [0.3, 0.4) is 0 Å². The number of aryl methyl sites for hydroxylation is 1. The highest BCUT2D eigenvalue weighted by molar-refractivity contribution is 7.89. The zero-order valence-electron chi connectivity index (χ0n) is 17.2. The van der Waals surface area contributed by atoms with E-state index in [0.717, 1.165) is 48.3 Å². The van der Waals surface area contributed by atoms with Crippen molar-refractivity contribution >= 4 is 22.0 Å². The molecule has 30 heavy (non-hydrogen) atoms. The minimum atomic E-state index is -3.76. The quantitative estimate of drug-likeness (QED) is 0.564. The Balaban J connectivity index is 1.88. The Morgan fingerprint density at radius 1 is 1.20 bits per heavy atom. The zero-order valence-corrected chi connectivity index (χ0v) is 18.0. The van der Waals surface area contributed by atoms with Crippen LogP contribution >= 0.6 is 0 Å². The summed E-state index contributed by atoms with van der Waals surface area (Å²) < 4.78 is 24.9. The molecule has 1 saturated carbocycles. The molecule has 1 aliphatic carbocycles. The monoisotopic (exact) mass is 426 g/mol. The molecular weight excluding hydrogens is 400 g/mol. The van der Waals surface area contributed by atoms with Gasteiger partial charge in [0.05, 0.1) is 4.90 Å². The normalized spacial score (nSPS) is 15.6. The van der Waals surface area contributed by atoms with Gasteiger partial charge in [0.2, 0.25) is 10.0 Å². The molecule has 0 saturated heterocycles. The lowest BCUT2D eigenvalue weighted by molar-refractivity contribution is -0.117. The summed E-state index contributed by atoms with van der Waals surface area (Å²) in [5.41, 5.74) is 3.34. The predicted octanol–water partition coefficient (Wildman–Crippen LogP) is 3.10. The third-order valence-corrected chi connectivity index (χ3v) is 6.43. The van der Waals surface area contributed by atoms with Crippen LogP contribution in [0.4, 0.5) is 0 Å². The minimum Gasteiger partial charge on any atom is -0.349 e. The Hall–Kier alpha value is -2.89. The van der Waals surface area contributed by atoms with E-state index < -0.39 is 10.0 Å². The van der Waals surface area contributed by atoms with Crippen molar-refractivity contribution in [3.8, 4) is 11.8 Å². The van der Waals surface area contributed by atoms with E-state index in [1.54, 1.807) is 18.2 Å². The van der Waals surface area contributed by atoms with Crippen LogP contribution in [-0.4, -0.2) is 24.9 Å². The van der Waals surface area contributed by atoms with E-state index in [-0.39, 0.29) is 22.4 Å². The summed E-state index contributed by atoms with van der Waals surface area (Å²) in [5, 5.41) is 17.7. The molecule has 8 heteroatoms. The van der Waals surface area contributed by atoms with Crippen LogP contribution in [-0.2, 0) is 14.8 Å². The second kappa shape index (κ2) is 8.86. The molecule has 1 heterocycles. The van der Waals surface area contributed by atoms with E-state index in [4.69, 9.17) is 5.14 Å². The fraction of sp³-hybridized carbons (Fsp3) is 0.364. The van der Waals surface area contributed by atoms with Gasteiger partial charge in [-0.2, -0.15) is 5.26 Å². The largest absolute Gasteiger partial charge is 0.349 e. The molecule has 158 valence electrons. The van der Waals surface area contributed by atoms with Crippen molar-refractivity contribution in [2.75, 3.05) is 0 Å². The number of nitrogens with two attached hydrogens (primary N) is 1. The molecule has 3 N–H and O–H groups in total. The second-order valence-electron chi connectivity index (χ2n) is 7.68. The van der Waals surface area contributed by atoms with Crippen LogP contribution < -0.4 is 10.5 Å². The van der Waals surface area contributed by atoms with Crippen LogP contribution in [0.5, 0.6) is 0 Å². The lowest BCUT2D eigenvalue weighted by Gasteiger charge is -2.22. The average molecular weight is 427 g/mol. The molecule has 0 atom stereocenters. The van der Waals surface area contributed by atoms with Crippen LogP contribution in [0.2, 0.25) is 0 Å². The van der Waals surface area contributed by atoms with E-state index in [2.05, 4.69) is 5.32 Å².